The van der Waals surface area contributed by atoms with Gasteiger partial charge in [-0.15, -0.1) is 0 Å². The quantitative estimate of drug-likeness (QED) is 0.864. The molecule has 19 heavy (non-hydrogen) atoms. The lowest BCUT2D eigenvalue weighted by atomic mass is 10.1. The number of hydrogen-bond acceptors (Lipinski definition) is 2. The molecule has 1 heterocycles. The summed E-state index contributed by atoms with van der Waals surface area (Å²) in [7, 11) is 4.29. The Kier molecular flexibility index (Phi) is 4.61. The normalized spacial score (nSPS) is 13.3. The molecular weight excluding hydrogens is 234 g/mol. The van der Waals surface area contributed by atoms with Crippen LogP contribution in [0.2, 0.25) is 0 Å². The van der Waals surface area contributed by atoms with E-state index >= 15 is 0 Å². The highest BCUT2D eigenvalue weighted by Crippen LogP contribution is 2.20. The summed E-state index contributed by atoms with van der Waals surface area (Å²) in [4.78, 5) is 2.37. The molecule has 3 nitrogen and oxygen atoms in total. The first kappa shape index (κ1) is 14.1. The van der Waals surface area contributed by atoms with Crippen molar-refractivity contribution in [3.8, 4) is 0 Å². The first-order valence-electron chi connectivity index (χ1n) is 7.05. The van der Waals surface area contributed by atoms with Gasteiger partial charge in [-0.25, -0.2) is 0 Å². The van der Waals surface area contributed by atoms with E-state index in [1.165, 1.54) is 16.5 Å². The van der Waals surface area contributed by atoms with E-state index in [-0.39, 0.29) is 0 Å². The molecule has 0 saturated carbocycles. The van der Waals surface area contributed by atoms with Gasteiger partial charge in [0.2, 0.25) is 0 Å². The summed E-state index contributed by atoms with van der Waals surface area (Å²) in [6, 6.07) is 8.90. The summed E-state index contributed by atoms with van der Waals surface area (Å²) in [5.41, 5.74) is 8.55. The van der Waals surface area contributed by atoms with Gasteiger partial charge in [-0.05, 0) is 45.0 Å². The third-order valence-electron chi connectivity index (χ3n) is 3.71. The molecule has 1 aromatic carbocycles. The third kappa shape index (κ3) is 3.58. The summed E-state index contributed by atoms with van der Waals surface area (Å²) in [5.74, 6) is 0. The topological polar surface area (TPSA) is 34.2 Å². The average molecular weight is 259 g/mol. The summed E-state index contributed by atoms with van der Waals surface area (Å²) in [6.45, 7) is 4.22. The Hall–Kier alpha value is -1.32. The van der Waals surface area contributed by atoms with Crippen molar-refractivity contribution in [3.05, 3.63) is 36.0 Å². The molecule has 0 bridgehead atoms. The first-order valence-corrected chi connectivity index (χ1v) is 7.05. The molecule has 2 aromatic rings. The fourth-order valence-corrected chi connectivity index (χ4v) is 2.47. The summed E-state index contributed by atoms with van der Waals surface area (Å²) < 4.78 is 2.21. The molecule has 2 rings (SSSR count). The van der Waals surface area contributed by atoms with Gasteiger partial charge in [-0.2, -0.15) is 0 Å². The Morgan fingerprint density at radius 3 is 2.74 bits per heavy atom. The van der Waals surface area contributed by atoms with E-state index in [0.717, 1.165) is 25.9 Å². The van der Waals surface area contributed by atoms with Crippen molar-refractivity contribution in [1.82, 2.24) is 9.47 Å². The number of benzene rings is 1. The number of fused-ring (bicyclic) bond motifs is 1. The third-order valence-corrected chi connectivity index (χ3v) is 3.71. The number of rotatable bonds is 6. The van der Waals surface area contributed by atoms with Gasteiger partial charge in [-0.1, -0.05) is 18.2 Å². The molecule has 104 valence electrons. The van der Waals surface area contributed by atoms with Crippen LogP contribution < -0.4 is 5.73 Å². The van der Waals surface area contributed by atoms with Gasteiger partial charge in [0, 0.05) is 36.7 Å². The van der Waals surface area contributed by atoms with E-state index in [1.807, 2.05) is 0 Å². The lowest BCUT2D eigenvalue weighted by Crippen LogP contribution is -2.27. The van der Waals surface area contributed by atoms with Gasteiger partial charge < -0.3 is 15.2 Å². The Morgan fingerprint density at radius 1 is 1.26 bits per heavy atom. The fourth-order valence-electron chi connectivity index (χ4n) is 2.47. The summed E-state index contributed by atoms with van der Waals surface area (Å²) in [6.07, 6.45) is 4.41. The Bertz CT molecular complexity index is 528. The zero-order valence-corrected chi connectivity index (χ0v) is 12.3. The van der Waals surface area contributed by atoms with Crippen molar-refractivity contribution in [2.45, 2.75) is 25.8 Å². The van der Waals surface area contributed by atoms with E-state index < -0.39 is 0 Å². The Balaban J connectivity index is 1.98. The smallest absolute Gasteiger partial charge is 0.0480 e. The van der Waals surface area contributed by atoms with Crippen molar-refractivity contribution in [3.63, 3.8) is 0 Å². The van der Waals surface area contributed by atoms with Crippen LogP contribution in [-0.2, 0) is 13.5 Å². The molecule has 1 aromatic heterocycles. The van der Waals surface area contributed by atoms with Gasteiger partial charge >= 0.3 is 0 Å². The van der Waals surface area contributed by atoms with Crippen LogP contribution in [0.25, 0.3) is 10.9 Å². The molecule has 1 atom stereocenters. The molecule has 0 aliphatic heterocycles. The van der Waals surface area contributed by atoms with Gasteiger partial charge in [-0.3, -0.25) is 0 Å². The minimum atomic E-state index is 0.292. The SMILES string of the molecule is CC(N)CCN(C)CCc1cn(C)c2ccccc12. The molecule has 0 radical (unpaired) electrons. The zero-order chi connectivity index (χ0) is 13.8. The highest BCUT2D eigenvalue weighted by Gasteiger charge is 2.07. The molecule has 0 spiro atoms. The minimum Gasteiger partial charge on any atom is -0.350 e. The Labute approximate surface area is 116 Å². The second-order valence-corrected chi connectivity index (χ2v) is 5.60. The molecule has 0 amide bonds. The van der Waals surface area contributed by atoms with Gasteiger partial charge in [0.25, 0.3) is 0 Å². The molecule has 2 N–H and O–H groups in total. The lowest BCUT2D eigenvalue weighted by Gasteiger charge is -2.17. The highest BCUT2D eigenvalue weighted by molar-refractivity contribution is 5.83. The molecule has 0 aliphatic rings. The van der Waals surface area contributed by atoms with E-state index in [1.54, 1.807) is 0 Å². The maximum atomic E-state index is 5.80. The van der Waals surface area contributed by atoms with Crippen molar-refractivity contribution < 1.29 is 0 Å². The molecule has 0 aliphatic carbocycles. The number of likely N-dealkylation sites (N-methyl/N-ethyl adjacent to an activating group) is 1. The summed E-state index contributed by atoms with van der Waals surface area (Å²) in [5, 5.41) is 1.38. The van der Waals surface area contributed by atoms with E-state index in [0.29, 0.717) is 6.04 Å². The number of aryl methyl sites for hydroxylation is 1. The Morgan fingerprint density at radius 2 is 2.00 bits per heavy atom. The first-order chi connectivity index (χ1) is 9.08. The van der Waals surface area contributed by atoms with Crippen LogP contribution in [0.1, 0.15) is 18.9 Å². The van der Waals surface area contributed by atoms with E-state index in [9.17, 15) is 0 Å². The van der Waals surface area contributed by atoms with E-state index in [2.05, 4.69) is 60.9 Å². The zero-order valence-electron chi connectivity index (χ0n) is 12.3. The van der Waals surface area contributed by atoms with Gasteiger partial charge in [0.15, 0.2) is 0 Å². The maximum absolute atomic E-state index is 5.80. The minimum absolute atomic E-state index is 0.292. The second kappa shape index (κ2) is 6.22. The molecule has 0 fully saturated rings. The van der Waals surface area contributed by atoms with Gasteiger partial charge in [0.05, 0.1) is 0 Å². The van der Waals surface area contributed by atoms with Crippen LogP contribution in [0.3, 0.4) is 0 Å². The monoisotopic (exact) mass is 259 g/mol. The van der Waals surface area contributed by atoms with Crippen molar-refractivity contribution >= 4 is 10.9 Å². The van der Waals surface area contributed by atoms with Crippen molar-refractivity contribution in [2.24, 2.45) is 12.8 Å². The molecule has 1 unspecified atom stereocenters. The number of hydrogen-bond donors (Lipinski definition) is 1. The van der Waals surface area contributed by atoms with Crippen LogP contribution >= 0.6 is 0 Å². The maximum Gasteiger partial charge on any atom is 0.0480 e. The second-order valence-electron chi connectivity index (χ2n) is 5.60. The number of para-hydroxylation sites is 1. The largest absolute Gasteiger partial charge is 0.350 e. The molecule has 3 heteroatoms. The number of nitrogens with two attached hydrogens (primary N) is 1. The van der Waals surface area contributed by atoms with Crippen LogP contribution in [0.5, 0.6) is 0 Å². The molecular formula is C16H25N3. The standard InChI is InChI=1S/C16H25N3/c1-13(17)8-10-18(2)11-9-14-12-19(3)16-7-5-4-6-15(14)16/h4-7,12-13H,8-11,17H2,1-3H3. The average Bonchev–Trinajstić information content (AvgIpc) is 2.71. The predicted molar refractivity (Wildman–Crippen MR) is 82.4 cm³/mol. The van der Waals surface area contributed by atoms with Crippen LogP contribution in [0.4, 0.5) is 0 Å². The fraction of sp³-hybridized carbons (Fsp3) is 0.500. The van der Waals surface area contributed by atoms with Crippen LogP contribution in [0.15, 0.2) is 30.5 Å². The van der Waals surface area contributed by atoms with Crippen LogP contribution in [0, 0.1) is 0 Å². The number of nitrogens with zero attached hydrogens (tertiary/aromatic N) is 2. The van der Waals surface area contributed by atoms with Crippen molar-refractivity contribution in [2.75, 3.05) is 20.1 Å². The molecule has 0 saturated heterocycles. The van der Waals surface area contributed by atoms with Gasteiger partial charge in [0.1, 0.15) is 0 Å². The lowest BCUT2D eigenvalue weighted by molar-refractivity contribution is 0.325. The highest BCUT2D eigenvalue weighted by atomic mass is 15.1. The predicted octanol–water partition coefficient (Wildman–Crippen LogP) is 2.39. The van der Waals surface area contributed by atoms with Crippen molar-refractivity contribution in [1.29, 1.82) is 0 Å². The summed E-state index contributed by atoms with van der Waals surface area (Å²) >= 11 is 0. The van der Waals surface area contributed by atoms with E-state index in [4.69, 9.17) is 5.73 Å². The number of aromatic nitrogens is 1. The van der Waals surface area contributed by atoms with Crippen LogP contribution in [-0.4, -0.2) is 35.6 Å².